The van der Waals surface area contributed by atoms with Crippen LogP contribution >= 0.6 is 11.6 Å². The molecule has 2 aromatic heterocycles. The smallest absolute Gasteiger partial charge is 0.132 e. The van der Waals surface area contributed by atoms with Crippen LogP contribution in [0.3, 0.4) is 0 Å². The van der Waals surface area contributed by atoms with Gasteiger partial charge in [0.05, 0.1) is 23.5 Å². The Morgan fingerprint density at radius 2 is 2.08 bits per heavy atom. The minimum Gasteiger partial charge on any atom is -0.387 e. The monoisotopic (exact) mass is 362 g/mol. The summed E-state index contributed by atoms with van der Waals surface area (Å²) in [7, 11) is 0. The number of aliphatic hydroxyl groups is 1. The summed E-state index contributed by atoms with van der Waals surface area (Å²) in [5.41, 5.74) is 2.81. The van der Waals surface area contributed by atoms with Crippen LogP contribution in [0.4, 0.5) is 5.82 Å². The Morgan fingerprint density at radius 1 is 1.32 bits per heavy atom. The highest BCUT2D eigenvalue weighted by atomic mass is 35.5. The van der Waals surface area contributed by atoms with Crippen LogP contribution in [0.15, 0.2) is 18.2 Å². The minimum absolute atomic E-state index is 0.185. The molecule has 25 heavy (non-hydrogen) atoms. The van der Waals surface area contributed by atoms with Crippen molar-refractivity contribution in [3.05, 3.63) is 40.3 Å². The molecule has 1 saturated heterocycles. The second-order valence-corrected chi connectivity index (χ2v) is 7.67. The predicted octanol–water partition coefficient (Wildman–Crippen LogP) is 4.29. The van der Waals surface area contributed by atoms with Crippen molar-refractivity contribution in [2.24, 2.45) is 5.92 Å². The third-order valence-electron chi connectivity index (χ3n) is 4.71. The number of nitrogens with zero attached hydrogens (tertiary/aromatic N) is 4. The van der Waals surface area contributed by atoms with E-state index in [0.29, 0.717) is 11.6 Å². The van der Waals surface area contributed by atoms with Gasteiger partial charge in [0.15, 0.2) is 0 Å². The van der Waals surface area contributed by atoms with Crippen LogP contribution in [0.2, 0.25) is 5.15 Å². The fourth-order valence-corrected chi connectivity index (χ4v) is 3.96. The molecule has 1 fully saturated rings. The molecule has 2 atom stereocenters. The molecule has 1 aliphatic rings. The first-order valence-electron chi connectivity index (χ1n) is 9.03. The third kappa shape index (κ3) is 3.67. The van der Waals surface area contributed by atoms with Crippen molar-refractivity contribution in [1.82, 2.24) is 14.8 Å². The molecular formula is C19H27ClN4O. The number of aliphatic hydroxyl groups excluding tert-OH is 1. The maximum Gasteiger partial charge on any atom is 0.132 e. The lowest BCUT2D eigenvalue weighted by atomic mass is 10.1. The molecule has 3 rings (SSSR count). The molecule has 0 aromatic carbocycles. The molecular weight excluding hydrogens is 336 g/mol. The Morgan fingerprint density at radius 3 is 2.76 bits per heavy atom. The highest BCUT2D eigenvalue weighted by Crippen LogP contribution is 2.40. The third-order valence-corrected chi connectivity index (χ3v) is 5.11. The van der Waals surface area contributed by atoms with Crippen LogP contribution in [-0.2, 0) is 6.54 Å². The predicted molar refractivity (Wildman–Crippen MR) is 101 cm³/mol. The van der Waals surface area contributed by atoms with Crippen LogP contribution in [0.1, 0.15) is 62.7 Å². The molecule has 0 saturated carbocycles. The summed E-state index contributed by atoms with van der Waals surface area (Å²) >= 11 is 6.70. The fourth-order valence-electron chi connectivity index (χ4n) is 3.59. The summed E-state index contributed by atoms with van der Waals surface area (Å²) in [6.07, 6.45) is 1.56. The van der Waals surface area contributed by atoms with E-state index >= 15 is 0 Å². The lowest BCUT2D eigenvalue weighted by Crippen LogP contribution is -2.24. The molecule has 136 valence electrons. The molecule has 0 radical (unpaired) electrons. The van der Waals surface area contributed by atoms with Crippen molar-refractivity contribution < 1.29 is 5.11 Å². The summed E-state index contributed by atoms with van der Waals surface area (Å²) in [5, 5.41) is 15.2. The van der Waals surface area contributed by atoms with Crippen molar-refractivity contribution in [2.45, 2.75) is 59.2 Å². The SMILES string of the molecule is Cc1nn(CC(C)C)c(Cl)c1C1CCCN1c1cccc(C(C)O)n1. The molecule has 2 unspecified atom stereocenters. The zero-order valence-corrected chi connectivity index (χ0v) is 16.2. The highest BCUT2D eigenvalue weighted by molar-refractivity contribution is 6.30. The normalized spacial score (nSPS) is 19.0. The second-order valence-electron chi connectivity index (χ2n) is 7.31. The van der Waals surface area contributed by atoms with Crippen LogP contribution in [0, 0.1) is 12.8 Å². The maximum atomic E-state index is 9.83. The molecule has 1 aliphatic heterocycles. The quantitative estimate of drug-likeness (QED) is 0.862. The Labute approximate surface area is 154 Å². The summed E-state index contributed by atoms with van der Waals surface area (Å²) in [6, 6.07) is 6.01. The van der Waals surface area contributed by atoms with E-state index in [0.717, 1.165) is 48.2 Å². The van der Waals surface area contributed by atoms with E-state index in [4.69, 9.17) is 11.6 Å². The van der Waals surface area contributed by atoms with E-state index in [2.05, 4.69) is 28.8 Å². The molecule has 2 aromatic rings. The van der Waals surface area contributed by atoms with Gasteiger partial charge in [-0.15, -0.1) is 0 Å². The van der Waals surface area contributed by atoms with Crippen molar-refractivity contribution in [3.63, 3.8) is 0 Å². The van der Waals surface area contributed by atoms with Gasteiger partial charge in [0, 0.05) is 18.7 Å². The molecule has 0 amide bonds. The van der Waals surface area contributed by atoms with Crippen molar-refractivity contribution in [2.75, 3.05) is 11.4 Å². The van der Waals surface area contributed by atoms with E-state index in [1.165, 1.54) is 0 Å². The molecule has 5 nitrogen and oxygen atoms in total. The van der Waals surface area contributed by atoms with Gasteiger partial charge in [-0.1, -0.05) is 31.5 Å². The highest BCUT2D eigenvalue weighted by Gasteiger charge is 2.32. The van der Waals surface area contributed by atoms with Crippen molar-refractivity contribution in [3.8, 4) is 0 Å². The standard InChI is InChI=1S/C19H27ClN4O/c1-12(2)11-24-19(20)18(13(3)22-24)16-8-6-10-23(16)17-9-5-7-15(21-17)14(4)25/h5,7,9,12,14,16,25H,6,8,10-11H2,1-4H3. The minimum atomic E-state index is -0.569. The summed E-state index contributed by atoms with van der Waals surface area (Å²) in [4.78, 5) is 6.94. The lowest BCUT2D eigenvalue weighted by Gasteiger charge is -2.26. The molecule has 0 aliphatic carbocycles. The average Bonchev–Trinajstić information content (AvgIpc) is 3.12. The lowest BCUT2D eigenvalue weighted by molar-refractivity contribution is 0.194. The Kier molecular flexibility index (Phi) is 5.35. The number of halogens is 1. The van der Waals surface area contributed by atoms with Gasteiger partial charge < -0.3 is 10.0 Å². The number of pyridine rings is 1. The number of rotatable bonds is 5. The number of aryl methyl sites for hydroxylation is 1. The van der Waals surface area contributed by atoms with Gasteiger partial charge in [0.2, 0.25) is 0 Å². The van der Waals surface area contributed by atoms with E-state index in [-0.39, 0.29) is 6.04 Å². The molecule has 0 bridgehead atoms. The number of hydrogen-bond acceptors (Lipinski definition) is 4. The first-order valence-corrected chi connectivity index (χ1v) is 9.40. The molecule has 3 heterocycles. The topological polar surface area (TPSA) is 54.2 Å². The zero-order chi connectivity index (χ0) is 18.1. The Hall–Kier alpha value is -1.59. The van der Waals surface area contributed by atoms with Gasteiger partial charge in [-0.3, -0.25) is 4.68 Å². The van der Waals surface area contributed by atoms with Gasteiger partial charge in [-0.2, -0.15) is 5.10 Å². The molecule has 0 spiro atoms. The van der Waals surface area contributed by atoms with Gasteiger partial charge in [0.1, 0.15) is 11.0 Å². The van der Waals surface area contributed by atoms with E-state index < -0.39 is 6.10 Å². The average molecular weight is 363 g/mol. The van der Waals surface area contributed by atoms with Crippen LogP contribution in [-0.4, -0.2) is 26.4 Å². The van der Waals surface area contributed by atoms with E-state index in [9.17, 15) is 5.11 Å². The van der Waals surface area contributed by atoms with Crippen LogP contribution in [0.25, 0.3) is 0 Å². The Bertz CT molecular complexity index is 741. The largest absolute Gasteiger partial charge is 0.387 e. The van der Waals surface area contributed by atoms with Gasteiger partial charge in [0.25, 0.3) is 0 Å². The summed E-state index contributed by atoms with van der Waals surface area (Å²) in [6.45, 7) is 9.87. The number of aromatic nitrogens is 3. The van der Waals surface area contributed by atoms with Crippen molar-refractivity contribution >= 4 is 17.4 Å². The number of anilines is 1. The maximum absolute atomic E-state index is 9.83. The van der Waals surface area contributed by atoms with Crippen molar-refractivity contribution in [1.29, 1.82) is 0 Å². The second kappa shape index (κ2) is 7.34. The van der Waals surface area contributed by atoms with E-state index in [1.54, 1.807) is 6.92 Å². The zero-order valence-electron chi connectivity index (χ0n) is 15.4. The Balaban J connectivity index is 1.95. The number of hydrogen-bond donors (Lipinski definition) is 1. The first kappa shape index (κ1) is 18.2. The summed E-state index contributed by atoms with van der Waals surface area (Å²) in [5.74, 6) is 1.39. The van der Waals surface area contributed by atoms with Gasteiger partial charge in [-0.25, -0.2) is 4.98 Å². The van der Waals surface area contributed by atoms with Gasteiger partial charge >= 0.3 is 0 Å². The first-order chi connectivity index (χ1) is 11.9. The van der Waals surface area contributed by atoms with Gasteiger partial charge in [-0.05, 0) is 44.7 Å². The summed E-state index contributed by atoms with van der Waals surface area (Å²) < 4.78 is 1.92. The molecule has 1 N–H and O–H groups in total. The molecule has 6 heteroatoms. The van der Waals surface area contributed by atoms with Crippen LogP contribution < -0.4 is 4.90 Å². The fraction of sp³-hybridized carbons (Fsp3) is 0.579. The van der Waals surface area contributed by atoms with E-state index in [1.807, 2.05) is 29.8 Å². The van der Waals surface area contributed by atoms with Crippen LogP contribution in [0.5, 0.6) is 0 Å².